The van der Waals surface area contributed by atoms with Crippen molar-refractivity contribution in [3.8, 4) is 0 Å². The Bertz CT molecular complexity index is 1140. The molecule has 0 aliphatic carbocycles. The van der Waals surface area contributed by atoms with Gasteiger partial charge in [0.15, 0.2) is 0 Å². The van der Waals surface area contributed by atoms with Gasteiger partial charge in [-0.2, -0.15) is 0 Å². The first-order valence-electron chi connectivity index (χ1n) is 12.2. The Balaban J connectivity index is 1.38. The summed E-state index contributed by atoms with van der Waals surface area (Å²) in [5, 5.41) is 3.91. The van der Waals surface area contributed by atoms with E-state index in [1.807, 2.05) is 54.6 Å². The third kappa shape index (κ3) is 6.32. The number of aryl methyl sites for hydroxylation is 1. The molecule has 1 N–H and O–H groups in total. The molecule has 1 fully saturated rings. The molecule has 0 aromatic heterocycles. The fourth-order valence-corrected chi connectivity index (χ4v) is 5.10. The van der Waals surface area contributed by atoms with Crippen LogP contribution in [0.25, 0.3) is 0 Å². The van der Waals surface area contributed by atoms with E-state index < -0.39 is 5.41 Å². The first kappa shape index (κ1) is 25.0. The summed E-state index contributed by atoms with van der Waals surface area (Å²) in [6, 6.07) is 24.5. The fraction of sp³-hybridized carbons (Fsp3) is 0.300. The molecular formula is C30H32ClFN2O. The van der Waals surface area contributed by atoms with Crippen LogP contribution in [-0.4, -0.2) is 30.4 Å². The lowest BCUT2D eigenvalue weighted by atomic mass is 9.71. The normalized spacial score (nSPS) is 15.0. The Kier molecular flexibility index (Phi) is 8.25. The van der Waals surface area contributed by atoms with Crippen LogP contribution in [0.3, 0.4) is 0 Å². The van der Waals surface area contributed by atoms with Crippen LogP contribution >= 0.6 is 11.6 Å². The molecule has 0 saturated carbocycles. The van der Waals surface area contributed by atoms with Crippen molar-refractivity contribution in [3.05, 3.63) is 119 Å². The maximum atomic E-state index is 13.6. The largest absolute Gasteiger partial charge is 0.375 e. The minimum atomic E-state index is -0.552. The molecule has 1 saturated heterocycles. The highest BCUT2D eigenvalue weighted by atomic mass is 35.5. The number of carbonyl (C=O) groups is 1. The van der Waals surface area contributed by atoms with Gasteiger partial charge in [-0.15, -0.1) is 0 Å². The van der Waals surface area contributed by atoms with Gasteiger partial charge in [0.1, 0.15) is 5.82 Å². The third-order valence-corrected chi connectivity index (χ3v) is 7.26. The van der Waals surface area contributed by atoms with Crippen molar-refractivity contribution < 1.29 is 9.18 Å². The molecule has 1 amide bonds. The van der Waals surface area contributed by atoms with E-state index in [1.165, 1.54) is 12.1 Å². The van der Waals surface area contributed by atoms with Crippen LogP contribution in [0.2, 0.25) is 5.02 Å². The summed E-state index contributed by atoms with van der Waals surface area (Å²) in [6.45, 7) is 6.43. The number of piperidine rings is 1. The van der Waals surface area contributed by atoms with Crippen LogP contribution in [0.5, 0.6) is 0 Å². The topological polar surface area (TPSA) is 32.3 Å². The minimum absolute atomic E-state index is 0.0855. The quantitative estimate of drug-likeness (QED) is 0.380. The summed E-state index contributed by atoms with van der Waals surface area (Å²) < 4.78 is 13.2. The number of allylic oxidation sites excluding steroid dienone is 1. The van der Waals surface area contributed by atoms with E-state index in [0.717, 1.165) is 67.6 Å². The average molecular weight is 491 g/mol. The van der Waals surface area contributed by atoms with E-state index in [2.05, 4.69) is 28.9 Å². The van der Waals surface area contributed by atoms with Gasteiger partial charge in [0.25, 0.3) is 0 Å². The molecule has 3 aromatic carbocycles. The molecule has 3 aromatic rings. The highest BCUT2D eigenvalue weighted by Crippen LogP contribution is 2.37. The van der Waals surface area contributed by atoms with Gasteiger partial charge in [0.2, 0.25) is 5.91 Å². The third-order valence-electron chi connectivity index (χ3n) is 7.03. The molecule has 35 heavy (non-hydrogen) atoms. The summed E-state index contributed by atoms with van der Waals surface area (Å²) in [6.07, 6.45) is 3.84. The van der Waals surface area contributed by atoms with Gasteiger partial charge in [-0.25, -0.2) is 4.39 Å². The molecule has 1 aliphatic rings. The lowest BCUT2D eigenvalue weighted by molar-refractivity contribution is -0.128. The zero-order valence-electron chi connectivity index (χ0n) is 20.0. The van der Waals surface area contributed by atoms with Crippen LogP contribution in [0.1, 0.15) is 36.0 Å². The average Bonchev–Trinajstić information content (AvgIpc) is 2.89. The Morgan fingerprint density at radius 2 is 1.66 bits per heavy atom. The van der Waals surface area contributed by atoms with Gasteiger partial charge < -0.3 is 10.2 Å². The van der Waals surface area contributed by atoms with Gasteiger partial charge in [0, 0.05) is 30.4 Å². The number of benzene rings is 3. The number of rotatable bonds is 9. The molecule has 0 bridgehead atoms. The summed E-state index contributed by atoms with van der Waals surface area (Å²) in [5.74, 6) is -0.131. The smallest absolute Gasteiger partial charge is 0.230 e. The molecule has 1 aliphatic heterocycles. The molecule has 0 atom stereocenters. The second-order valence-corrected chi connectivity index (χ2v) is 9.70. The zero-order chi connectivity index (χ0) is 24.7. The van der Waals surface area contributed by atoms with E-state index in [4.69, 9.17) is 11.6 Å². The number of nitrogens with one attached hydrogen (secondary N) is 1. The highest BCUT2D eigenvalue weighted by Gasteiger charge is 2.42. The van der Waals surface area contributed by atoms with Crippen molar-refractivity contribution in [2.24, 2.45) is 0 Å². The molecule has 182 valence electrons. The molecule has 5 heteroatoms. The van der Waals surface area contributed by atoms with E-state index in [1.54, 1.807) is 0 Å². The Morgan fingerprint density at radius 3 is 2.34 bits per heavy atom. The molecule has 0 radical (unpaired) electrons. The molecule has 1 heterocycles. The minimum Gasteiger partial charge on any atom is -0.375 e. The molecule has 3 nitrogen and oxygen atoms in total. The van der Waals surface area contributed by atoms with Crippen LogP contribution in [0, 0.1) is 5.82 Å². The van der Waals surface area contributed by atoms with Gasteiger partial charge in [0.05, 0.1) is 5.41 Å². The van der Waals surface area contributed by atoms with Gasteiger partial charge >= 0.3 is 0 Å². The number of carbonyl (C=O) groups excluding carboxylic acids is 1. The standard InChI is InChI=1S/C30H32ClFN2O/c1-23(10-11-24-12-14-28(32)15-13-24)34-20-17-30(18-21-34,26-7-3-2-4-8-26)29(35)33-19-16-25-6-5-9-27(31)22-25/h2-9,12-15,22H,1,10-11,16-21H2,(H,33,35). The lowest BCUT2D eigenvalue weighted by Crippen LogP contribution is -2.51. The summed E-state index contributed by atoms with van der Waals surface area (Å²) in [5.41, 5.74) is 3.79. The van der Waals surface area contributed by atoms with Crippen molar-refractivity contribution in [2.75, 3.05) is 19.6 Å². The zero-order valence-corrected chi connectivity index (χ0v) is 20.7. The van der Waals surface area contributed by atoms with Crippen molar-refractivity contribution >= 4 is 17.5 Å². The maximum Gasteiger partial charge on any atom is 0.230 e. The van der Waals surface area contributed by atoms with Gasteiger partial charge in [-0.3, -0.25) is 4.79 Å². The Morgan fingerprint density at radius 1 is 0.943 bits per heavy atom. The monoisotopic (exact) mass is 490 g/mol. The van der Waals surface area contributed by atoms with E-state index in [9.17, 15) is 9.18 Å². The second kappa shape index (κ2) is 11.5. The Labute approximate surface area is 212 Å². The Hall–Kier alpha value is -3.11. The van der Waals surface area contributed by atoms with Crippen molar-refractivity contribution in [1.82, 2.24) is 10.2 Å². The first-order valence-corrected chi connectivity index (χ1v) is 12.6. The first-order chi connectivity index (χ1) is 17.0. The van der Waals surface area contributed by atoms with Crippen LogP contribution in [-0.2, 0) is 23.1 Å². The van der Waals surface area contributed by atoms with Crippen LogP contribution in [0.4, 0.5) is 4.39 Å². The van der Waals surface area contributed by atoms with Crippen molar-refractivity contribution in [2.45, 2.75) is 37.5 Å². The lowest BCUT2D eigenvalue weighted by Gasteiger charge is -2.42. The molecule has 0 spiro atoms. The second-order valence-electron chi connectivity index (χ2n) is 9.26. The SMILES string of the molecule is C=C(CCc1ccc(F)cc1)N1CCC(C(=O)NCCc2cccc(Cl)c2)(c2ccccc2)CC1. The number of hydrogen-bond donors (Lipinski definition) is 1. The maximum absolute atomic E-state index is 13.6. The molecular weight excluding hydrogens is 459 g/mol. The van der Waals surface area contributed by atoms with E-state index in [-0.39, 0.29) is 11.7 Å². The highest BCUT2D eigenvalue weighted by molar-refractivity contribution is 6.30. The number of halogens is 2. The van der Waals surface area contributed by atoms with Crippen molar-refractivity contribution in [3.63, 3.8) is 0 Å². The van der Waals surface area contributed by atoms with Crippen LogP contribution < -0.4 is 5.32 Å². The van der Waals surface area contributed by atoms with Crippen molar-refractivity contribution in [1.29, 1.82) is 0 Å². The van der Waals surface area contributed by atoms with Crippen LogP contribution in [0.15, 0.2) is 91.1 Å². The van der Waals surface area contributed by atoms with Gasteiger partial charge in [-0.05, 0) is 73.1 Å². The van der Waals surface area contributed by atoms with E-state index in [0.29, 0.717) is 11.6 Å². The predicted octanol–water partition coefficient (Wildman–Crippen LogP) is 6.32. The summed E-state index contributed by atoms with van der Waals surface area (Å²) in [7, 11) is 0. The molecule has 4 rings (SSSR count). The summed E-state index contributed by atoms with van der Waals surface area (Å²) >= 11 is 6.10. The number of nitrogens with zero attached hydrogens (tertiary/aromatic N) is 1. The van der Waals surface area contributed by atoms with Gasteiger partial charge in [-0.1, -0.05) is 72.8 Å². The van der Waals surface area contributed by atoms with E-state index >= 15 is 0 Å². The number of likely N-dealkylation sites (tertiary alicyclic amines) is 1. The predicted molar refractivity (Wildman–Crippen MR) is 141 cm³/mol. The number of hydrogen-bond acceptors (Lipinski definition) is 2. The number of amides is 1. The molecule has 0 unspecified atom stereocenters. The fourth-order valence-electron chi connectivity index (χ4n) is 4.89. The summed E-state index contributed by atoms with van der Waals surface area (Å²) in [4.78, 5) is 15.9.